The first-order valence-electron chi connectivity index (χ1n) is 6.21. The molecule has 0 fully saturated rings. The largest absolute Gasteiger partial charge is 0.370 e. The second-order valence-electron chi connectivity index (χ2n) is 4.99. The Hall–Kier alpha value is -0.790. The van der Waals surface area contributed by atoms with Gasteiger partial charge >= 0.3 is 0 Å². The molecule has 1 aromatic heterocycles. The van der Waals surface area contributed by atoms with Crippen LogP contribution in [0, 0.1) is 5.92 Å². The molecule has 1 unspecified atom stereocenters. The molecule has 5 nitrogen and oxygen atoms in total. The number of hydrogen-bond donors (Lipinski definition) is 2. The Kier molecular flexibility index (Phi) is 5.90. The van der Waals surface area contributed by atoms with E-state index in [9.17, 15) is 0 Å². The topological polar surface area (TPSA) is 68.2 Å². The van der Waals surface area contributed by atoms with Gasteiger partial charge in [0.25, 0.3) is 0 Å². The summed E-state index contributed by atoms with van der Waals surface area (Å²) >= 11 is 0. The second kappa shape index (κ2) is 6.96. The predicted molar refractivity (Wildman–Crippen MR) is 84.2 cm³/mol. The van der Waals surface area contributed by atoms with Gasteiger partial charge in [0.2, 0.25) is 0 Å². The molecule has 3 N–H and O–H groups in total. The highest BCUT2D eigenvalue weighted by Crippen LogP contribution is 2.12. The smallest absolute Gasteiger partial charge is 0.188 e. The molecule has 0 amide bonds. The number of guanidine groups is 1. The summed E-state index contributed by atoms with van der Waals surface area (Å²) in [5.41, 5.74) is 5.86. The van der Waals surface area contributed by atoms with Crippen LogP contribution in [0.3, 0.4) is 0 Å². The van der Waals surface area contributed by atoms with Gasteiger partial charge in [-0.25, -0.2) is 4.98 Å². The zero-order valence-corrected chi connectivity index (χ0v) is 13.3. The van der Waals surface area contributed by atoms with Gasteiger partial charge in [-0.2, -0.15) is 0 Å². The normalized spacial score (nSPS) is 19.3. The quantitative estimate of drug-likeness (QED) is 0.484. The van der Waals surface area contributed by atoms with Gasteiger partial charge in [-0.1, -0.05) is 13.8 Å². The lowest BCUT2D eigenvalue weighted by molar-refractivity contribution is 0.434. The molecule has 0 spiro atoms. The molecule has 102 valence electrons. The number of fused-ring (bicyclic) bond motifs is 1. The standard InChI is InChI=1S/C12H21N5.HI/c1-9(2)8-15-12(13)16-10-3-5-17-6-4-14-11(17)7-10;/h4,6,9-10H,3,5,7-8H2,1-2H3,(H3,13,15,16);1H. The summed E-state index contributed by atoms with van der Waals surface area (Å²) in [5.74, 6) is 2.23. The molecule has 1 aromatic rings. The molecular weight excluding hydrogens is 341 g/mol. The summed E-state index contributed by atoms with van der Waals surface area (Å²) in [5, 5.41) is 3.28. The van der Waals surface area contributed by atoms with Crippen LogP contribution in [0.25, 0.3) is 0 Å². The van der Waals surface area contributed by atoms with Crippen molar-refractivity contribution in [1.82, 2.24) is 14.9 Å². The third kappa shape index (κ3) is 4.15. The van der Waals surface area contributed by atoms with Gasteiger partial charge in [-0.3, -0.25) is 4.99 Å². The second-order valence-corrected chi connectivity index (χ2v) is 4.99. The van der Waals surface area contributed by atoms with Gasteiger partial charge in [0.05, 0.1) is 0 Å². The summed E-state index contributed by atoms with van der Waals surface area (Å²) < 4.78 is 2.19. The van der Waals surface area contributed by atoms with E-state index in [4.69, 9.17) is 5.73 Å². The number of nitrogens with one attached hydrogen (secondary N) is 1. The molecule has 0 bridgehead atoms. The molecule has 6 heteroatoms. The van der Waals surface area contributed by atoms with Crippen molar-refractivity contribution in [2.45, 2.75) is 39.3 Å². The maximum absolute atomic E-state index is 5.86. The fraction of sp³-hybridized carbons (Fsp3) is 0.667. The number of aryl methyl sites for hydroxylation is 1. The molecule has 0 saturated carbocycles. The Morgan fingerprint density at radius 1 is 1.67 bits per heavy atom. The third-order valence-electron chi connectivity index (χ3n) is 2.93. The molecule has 1 aliphatic heterocycles. The van der Waals surface area contributed by atoms with Crippen molar-refractivity contribution in [1.29, 1.82) is 0 Å². The molecule has 0 aliphatic carbocycles. The van der Waals surface area contributed by atoms with Crippen molar-refractivity contribution in [3.8, 4) is 0 Å². The number of aromatic nitrogens is 2. The van der Waals surface area contributed by atoms with Crippen LogP contribution in [0.15, 0.2) is 17.4 Å². The highest BCUT2D eigenvalue weighted by Gasteiger charge is 2.19. The minimum atomic E-state index is 0. The molecule has 0 saturated heterocycles. The van der Waals surface area contributed by atoms with Crippen LogP contribution in [0.4, 0.5) is 0 Å². The van der Waals surface area contributed by atoms with Crippen molar-refractivity contribution >= 4 is 29.9 Å². The molecule has 0 radical (unpaired) electrons. The minimum absolute atomic E-state index is 0. The molecule has 1 atom stereocenters. The van der Waals surface area contributed by atoms with Crippen molar-refractivity contribution < 1.29 is 0 Å². The summed E-state index contributed by atoms with van der Waals surface area (Å²) in [6.07, 6.45) is 5.88. The number of imidazole rings is 1. The lowest BCUT2D eigenvalue weighted by Gasteiger charge is -2.24. The lowest BCUT2D eigenvalue weighted by atomic mass is 10.1. The maximum Gasteiger partial charge on any atom is 0.188 e. The number of nitrogens with two attached hydrogens (primary N) is 1. The van der Waals surface area contributed by atoms with Gasteiger partial charge in [-0.15, -0.1) is 24.0 Å². The third-order valence-corrected chi connectivity index (χ3v) is 2.93. The highest BCUT2D eigenvalue weighted by molar-refractivity contribution is 14.0. The van der Waals surface area contributed by atoms with Crippen molar-refractivity contribution in [2.24, 2.45) is 16.6 Å². The van der Waals surface area contributed by atoms with Gasteiger partial charge in [-0.05, 0) is 12.3 Å². The van der Waals surface area contributed by atoms with Crippen LogP contribution in [-0.4, -0.2) is 28.1 Å². The average molecular weight is 363 g/mol. The number of aliphatic imine (C=N–C) groups is 1. The van der Waals surface area contributed by atoms with E-state index in [0.717, 1.165) is 31.8 Å². The van der Waals surface area contributed by atoms with Gasteiger partial charge in [0.1, 0.15) is 5.82 Å². The summed E-state index contributed by atoms with van der Waals surface area (Å²) in [4.78, 5) is 8.65. The van der Waals surface area contributed by atoms with Crippen LogP contribution in [0.5, 0.6) is 0 Å². The number of rotatable bonds is 3. The van der Waals surface area contributed by atoms with E-state index >= 15 is 0 Å². The molecular formula is C12H22IN5. The fourth-order valence-electron chi connectivity index (χ4n) is 2.01. The Morgan fingerprint density at radius 3 is 3.17 bits per heavy atom. The van der Waals surface area contributed by atoms with Gasteiger partial charge < -0.3 is 15.6 Å². The van der Waals surface area contributed by atoms with Gasteiger partial charge in [0.15, 0.2) is 5.96 Å². The summed E-state index contributed by atoms with van der Waals surface area (Å²) in [7, 11) is 0. The Labute approximate surface area is 125 Å². The number of nitrogens with zero attached hydrogens (tertiary/aromatic N) is 3. The SMILES string of the molecule is CC(C)CN=C(N)NC1CCn2ccnc2C1.I. The Balaban J connectivity index is 0.00000162. The predicted octanol–water partition coefficient (Wildman–Crippen LogP) is 1.38. The first-order chi connectivity index (χ1) is 8.15. The van der Waals surface area contributed by atoms with Crippen molar-refractivity contribution in [3.05, 3.63) is 18.2 Å². The lowest BCUT2D eigenvalue weighted by Crippen LogP contribution is -2.44. The van der Waals surface area contributed by atoms with E-state index in [2.05, 4.69) is 33.7 Å². The van der Waals surface area contributed by atoms with Crippen molar-refractivity contribution in [3.63, 3.8) is 0 Å². The van der Waals surface area contributed by atoms with E-state index in [-0.39, 0.29) is 24.0 Å². The first kappa shape index (κ1) is 15.3. The Bertz CT molecular complexity index is 399. The van der Waals surface area contributed by atoms with E-state index < -0.39 is 0 Å². The minimum Gasteiger partial charge on any atom is -0.370 e. The van der Waals surface area contributed by atoms with Crippen LogP contribution >= 0.6 is 24.0 Å². The molecule has 0 aromatic carbocycles. The summed E-state index contributed by atoms with van der Waals surface area (Å²) in [6, 6.07) is 0.362. The van der Waals surface area contributed by atoms with Crippen molar-refractivity contribution in [2.75, 3.05) is 6.54 Å². The van der Waals surface area contributed by atoms with Crippen LogP contribution in [0.2, 0.25) is 0 Å². The molecule has 2 heterocycles. The number of halogens is 1. The van der Waals surface area contributed by atoms with E-state index in [1.54, 1.807) is 0 Å². The average Bonchev–Trinajstić information content (AvgIpc) is 2.73. The molecule has 2 rings (SSSR count). The first-order valence-corrected chi connectivity index (χ1v) is 6.21. The Morgan fingerprint density at radius 2 is 2.44 bits per heavy atom. The zero-order chi connectivity index (χ0) is 12.3. The van der Waals surface area contributed by atoms with E-state index in [1.807, 2.05) is 12.4 Å². The van der Waals surface area contributed by atoms with Crippen LogP contribution in [-0.2, 0) is 13.0 Å². The summed E-state index contributed by atoms with van der Waals surface area (Å²) in [6.45, 7) is 6.05. The monoisotopic (exact) mass is 363 g/mol. The fourth-order valence-corrected chi connectivity index (χ4v) is 2.01. The molecule has 18 heavy (non-hydrogen) atoms. The zero-order valence-electron chi connectivity index (χ0n) is 11.0. The van der Waals surface area contributed by atoms with Crippen LogP contribution < -0.4 is 11.1 Å². The van der Waals surface area contributed by atoms with E-state index in [0.29, 0.717) is 17.9 Å². The van der Waals surface area contributed by atoms with Gasteiger partial charge in [0, 0.05) is 37.9 Å². The maximum atomic E-state index is 5.86. The number of hydrogen-bond acceptors (Lipinski definition) is 2. The van der Waals surface area contributed by atoms with E-state index in [1.165, 1.54) is 0 Å². The van der Waals surface area contributed by atoms with Crippen LogP contribution in [0.1, 0.15) is 26.1 Å². The molecule has 1 aliphatic rings. The highest BCUT2D eigenvalue weighted by atomic mass is 127.